The number of hydrogen-bond acceptors (Lipinski definition) is 3. The van der Waals surface area contributed by atoms with Crippen LogP contribution in [0.15, 0.2) is 12.3 Å². The molecule has 0 spiro atoms. The largest absolute Gasteiger partial charge is 0.397 e. The molecule has 19 heavy (non-hydrogen) atoms. The van der Waals surface area contributed by atoms with Gasteiger partial charge < -0.3 is 10.6 Å². The van der Waals surface area contributed by atoms with Gasteiger partial charge in [-0.25, -0.2) is 4.98 Å². The molecule has 1 aliphatic rings. The summed E-state index contributed by atoms with van der Waals surface area (Å²) in [6.07, 6.45) is 8.00. The summed E-state index contributed by atoms with van der Waals surface area (Å²) in [5.41, 5.74) is 6.37. The summed E-state index contributed by atoms with van der Waals surface area (Å²) in [6, 6.07) is 2.40. The van der Waals surface area contributed by atoms with Crippen LogP contribution in [0.4, 0.5) is 11.5 Å². The summed E-state index contributed by atoms with van der Waals surface area (Å²) in [7, 11) is 0. The van der Waals surface area contributed by atoms with Crippen molar-refractivity contribution in [2.75, 3.05) is 17.2 Å². The van der Waals surface area contributed by atoms with Crippen molar-refractivity contribution < 1.29 is 0 Å². The van der Waals surface area contributed by atoms with E-state index in [0.717, 1.165) is 12.4 Å². The van der Waals surface area contributed by atoms with Gasteiger partial charge in [-0.3, -0.25) is 0 Å². The molecule has 0 aromatic carbocycles. The average molecular weight is 282 g/mol. The normalized spacial score (nSPS) is 16.2. The van der Waals surface area contributed by atoms with Crippen LogP contribution in [0.3, 0.4) is 0 Å². The quantitative estimate of drug-likeness (QED) is 0.883. The molecular weight excluding hydrogens is 258 g/mol. The molecule has 0 atom stereocenters. The molecule has 0 radical (unpaired) electrons. The maximum absolute atomic E-state index is 6.33. The molecule has 4 heteroatoms. The molecule has 3 nitrogen and oxygen atoms in total. The Morgan fingerprint density at radius 1 is 1.42 bits per heavy atom. The number of halogens is 1. The smallest absolute Gasteiger partial charge is 0.147 e. The van der Waals surface area contributed by atoms with E-state index in [-0.39, 0.29) is 0 Å². The summed E-state index contributed by atoms with van der Waals surface area (Å²) in [5.74, 6) is 1.60. The van der Waals surface area contributed by atoms with E-state index in [2.05, 4.69) is 23.7 Å². The maximum Gasteiger partial charge on any atom is 0.147 e. The summed E-state index contributed by atoms with van der Waals surface area (Å²) < 4.78 is 0. The third-order valence-electron chi connectivity index (χ3n) is 3.83. The molecule has 0 saturated heterocycles. The van der Waals surface area contributed by atoms with Gasteiger partial charge in [0.2, 0.25) is 0 Å². The van der Waals surface area contributed by atoms with Crippen molar-refractivity contribution in [3.63, 3.8) is 0 Å². The SMILES string of the molecule is CC(C)CCN(c1ncc(N)cc1Cl)C1CCCC1. The van der Waals surface area contributed by atoms with Gasteiger partial charge in [0.1, 0.15) is 5.82 Å². The minimum atomic E-state index is 0.590. The van der Waals surface area contributed by atoms with Gasteiger partial charge in [-0.1, -0.05) is 38.3 Å². The highest BCUT2D eigenvalue weighted by Crippen LogP contribution is 2.32. The van der Waals surface area contributed by atoms with Crippen LogP contribution in [-0.2, 0) is 0 Å². The minimum absolute atomic E-state index is 0.590. The summed E-state index contributed by atoms with van der Waals surface area (Å²) in [5, 5.41) is 0.677. The van der Waals surface area contributed by atoms with Crippen LogP contribution in [0.5, 0.6) is 0 Å². The zero-order chi connectivity index (χ0) is 13.8. The Labute approximate surface area is 121 Å². The van der Waals surface area contributed by atoms with Crippen molar-refractivity contribution in [1.82, 2.24) is 4.98 Å². The summed E-state index contributed by atoms with van der Waals surface area (Å²) in [4.78, 5) is 6.87. The van der Waals surface area contributed by atoms with E-state index >= 15 is 0 Å². The fourth-order valence-corrected chi connectivity index (χ4v) is 3.01. The van der Waals surface area contributed by atoms with Crippen LogP contribution in [0.2, 0.25) is 5.02 Å². The molecule has 0 aliphatic heterocycles. The van der Waals surface area contributed by atoms with Gasteiger partial charge >= 0.3 is 0 Å². The molecule has 0 bridgehead atoms. The number of pyridine rings is 1. The molecule has 0 unspecified atom stereocenters. The van der Waals surface area contributed by atoms with Gasteiger partial charge in [0.25, 0.3) is 0 Å². The van der Waals surface area contributed by atoms with E-state index in [4.69, 9.17) is 17.3 Å². The van der Waals surface area contributed by atoms with Crippen LogP contribution in [-0.4, -0.2) is 17.6 Å². The third kappa shape index (κ3) is 3.75. The molecule has 1 heterocycles. The summed E-state index contributed by atoms with van der Waals surface area (Å²) >= 11 is 6.33. The van der Waals surface area contributed by atoms with Crippen molar-refractivity contribution in [3.8, 4) is 0 Å². The van der Waals surface area contributed by atoms with Gasteiger partial charge in [0.05, 0.1) is 16.9 Å². The van der Waals surface area contributed by atoms with E-state index in [1.807, 2.05) is 0 Å². The van der Waals surface area contributed by atoms with Crippen molar-refractivity contribution in [2.24, 2.45) is 5.92 Å². The number of aromatic nitrogens is 1. The predicted molar refractivity (Wildman–Crippen MR) is 82.7 cm³/mol. The Balaban J connectivity index is 2.19. The fraction of sp³-hybridized carbons (Fsp3) is 0.667. The number of nitrogens with zero attached hydrogens (tertiary/aromatic N) is 2. The lowest BCUT2D eigenvalue weighted by Crippen LogP contribution is -2.35. The summed E-state index contributed by atoms with van der Waals surface area (Å²) in [6.45, 7) is 5.54. The van der Waals surface area contributed by atoms with Gasteiger partial charge in [-0.2, -0.15) is 0 Å². The lowest BCUT2D eigenvalue weighted by atomic mass is 10.1. The Bertz CT molecular complexity index is 414. The lowest BCUT2D eigenvalue weighted by molar-refractivity contribution is 0.525. The molecule has 1 saturated carbocycles. The second kappa shape index (κ2) is 6.47. The molecule has 1 fully saturated rings. The Morgan fingerprint density at radius 2 is 2.11 bits per heavy atom. The van der Waals surface area contributed by atoms with Crippen LogP contribution in [0.25, 0.3) is 0 Å². The van der Waals surface area contributed by atoms with Crippen molar-refractivity contribution >= 4 is 23.1 Å². The third-order valence-corrected chi connectivity index (χ3v) is 4.11. The van der Waals surface area contributed by atoms with Gasteiger partial charge in [-0.15, -0.1) is 0 Å². The Hall–Kier alpha value is -0.960. The highest BCUT2D eigenvalue weighted by molar-refractivity contribution is 6.33. The highest BCUT2D eigenvalue weighted by atomic mass is 35.5. The molecule has 106 valence electrons. The zero-order valence-electron chi connectivity index (χ0n) is 11.9. The second-order valence-corrected chi connectivity index (χ2v) is 6.30. The number of anilines is 2. The molecule has 2 N–H and O–H groups in total. The number of rotatable bonds is 5. The van der Waals surface area contributed by atoms with E-state index in [9.17, 15) is 0 Å². The molecule has 1 aliphatic carbocycles. The van der Waals surface area contributed by atoms with E-state index in [0.29, 0.717) is 22.7 Å². The van der Waals surface area contributed by atoms with Crippen LogP contribution < -0.4 is 10.6 Å². The molecule has 2 rings (SSSR count). The average Bonchev–Trinajstić information content (AvgIpc) is 2.85. The monoisotopic (exact) mass is 281 g/mol. The maximum atomic E-state index is 6.33. The van der Waals surface area contributed by atoms with E-state index in [1.165, 1.54) is 32.1 Å². The van der Waals surface area contributed by atoms with E-state index in [1.54, 1.807) is 12.3 Å². The van der Waals surface area contributed by atoms with Crippen LogP contribution >= 0.6 is 11.6 Å². The molecular formula is C15H24ClN3. The van der Waals surface area contributed by atoms with Gasteiger partial charge in [0, 0.05) is 12.6 Å². The first-order valence-corrected chi connectivity index (χ1v) is 7.63. The molecule has 0 amide bonds. The fourth-order valence-electron chi connectivity index (χ4n) is 2.73. The van der Waals surface area contributed by atoms with Crippen molar-refractivity contribution in [2.45, 2.75) is 52.0 Å². The Kier molecular flexibility index (Phi) is 4.92. The lowest BCUT2D eigenvalue weighted by Gasteiger charge is -2.31. The van der Waals surface area contributed by atoms with Gasteiger partial charge in [-0.05, 0) is 31.2 Å². The number of nitrogens with two attached hydrogens (primary N) is 1. The number of nitrogen functional groups attached to an aromatic ring is 1. The Morgan fingerprint density at radius 3 is 2.68 bits per heavy atom. The van der Waals surface area contributed by atoms with Crippen molar-refractivity contribution in [1.29, 1.82) is 0 Å². The predicted octanol–water partition coefficient (Wildman–Crippen LogP) is 4.11. The van der Waals surface area contributed by atoms with Crippen molar-refractivity contribution in [3.05, 3.63) is 17.3 Å². The first-order chi connectivity index (χ1) is 9.08. The number of hydrogen-bond donors (Lipinski definition) is 1. The highest BCUT2D eigenvalue weighted by Gasteiger charge is 2.25. The standard InChI is InChI=1S/C15H24ClN3/c1-11(2)7-8-19(13-5-3-4-6-13)15-14(16)9-12(17)10-18-15/h9-11,13H,3-8,17H2,1-2H3. The zero-order valence-corrected chi connectivity index (χ0v) is 12.7. The molecule has 1 aromatic heterocycles. The molecule has 1 aromatic rings. The van der Waals surface area contributed by atoms with Crippen LogP contribution in [0.1, 0.15) is 46.0 Å². The first-order valence-electron chi connectivity index (χ1n) is 7.25. The van der Waals surface area contributed by atoms with E-state index < -0.39 is 0 Å². The second-order valence-electron chi connectivity index (χ2n) is 5.89. The first kappa shape index (κ1) is 14.4. The topological polar surface area (TPSA) is 42.2 Å². The van der Waals surface area contributed by atoms with Gasteiger partial charge in [0.15, 0.2) is 0 Å². The van der Waals surface area contributed by atoms with Crippen LogP contribution in [0, 0.1) is 5.92 Å². The minimum Gasteiger partial charge on any atom is -0.397 e.